The van der Waals surface area contributed by atoms with Crippen LogP contribution in [0.25, 0.3) is 0 Å². The normalized spacial score (nSPS) is 12.2. The van der Waals surface area contributed by atoms with Crippen LogP contribution in [0.5, 0.6) is 17.2 Å². The zero-order valence-corrected chi connectivity index (χ0v) is 19.5. The summed E-state index contributed by atoms with van der Waals surface area (Å²) in [4.78, 5) is 17.0. The second-order valence-corrected chi connectivity index (χ2v) is 10.0. The summed E-state index contributed by atoms with van der Waals surface area (Å²) >= 11 is 1.31. The third kappa shape index (κ3) is 6.28. The summed E-state index contributed by atoms with van der Waals surface area (Å²) in [5.41, 5.74) is 0.322. The Bertz CT molecular complexity index is 1150. The summed E-state index contributed by atoms with van der Waals surface area (Å²) < 4.78 is 40.9. The molecular formula is C22H24N2O6S2. The zero-order valence-electron chi connectivity index (χ0n) is 17.9. The third-order valence-corrected chi connectivity index (χ3v) is 6.77. The van der Waals surface area contributed by atoms with E-state index in [1.165, 1.54) is 23.5 Å². The van der Waals surface area contributed by atoms with Crippen molar-refractivity contribution in [3.05, 3.63) is 59.6 Å². The Morgan fingerprint density at radius 2 is 1.84 bits per heavy atom. The predicted molar refractivity (Wildman–Crippen MR) is 123 cm³/mol. The molecule has 1 N–H and O–H groups in total. The van der Waals surface area contributed by atoms with Gasteiger partial charge in [-0.25, -0.2) is 13.4 Å². The van der Waals surface area contributed by atoms with E-state index in [0.717, 1.165) is 0 Å². The number of hydrogen-bond acceptors (Lipinski definition) is 8. The molecule has 0 fully saturated rings. The Hall–Kier alpha value is -2.95. The van der Waals surface area contributed by atoms with E-state index in [2.05, 4.69) is 10.3 Å². The first-order chi connectivity index (χ1) is 15.3. The number of carbonyl (C=O) groups is 1. The van der Waals surface area contributed by atoms with Crippen molar-refractivity contribution in [2.75, 3.05) is 24.8 Å². The van der Waals surface area contributed by atoms with Gasteiger partial charge in [-0.15, -0.1) is 11.3 Å². The molecule has 0 aliphatic heterocycles. The highest BCUT2D eigenvalue weighted by atomic mass is 32.2. The minimum Gasteiger partial charge on any atom is -0.488 e. The van der Waals surface area contributed by atoms with Gasteiger partial charge >= 0.3 is 0 Å². The van der Waals surface area contributed by atoms with Crippen LogP contribution in [0.4, 0.5) is 5.13 Å². The number of anilines is 1. The number of methoxy groups -OCH3 is 1. The van der Waals surface area contributed by atoms with Crippen molar-refractivity contribution in [2.45, 2.75) is 24.8 Å². The molecule has 170 valence electrons. The van der Waals surface area contributed by atoms with Crippen molar-refractivity contribution >= 4 is 32.2 Å². The van der Waals surface area contributed by atoms with E-state index < -0.39 is 9.84 Å². The van der Waals surface area contributed by atoms with Gasteiger partial charge in [-0.3, -0.25) is 10.1 Å². The second-order valence-electron chi connectivity index (χ2n) is 6.85. The molecule has 0 bridgehead atoms. The number of benzene rings is 2. The number of sulfone groups is 1. The maximum atomic E-state index is 12.7. The van der Waals surface area contributed by atoms with E-state index in [-0.39, 0.29) is 22.7 Å². The Kier molecular flexibility index (Phi) is 7.84. The van der Waals surface area contributed by atoms with Crippen LogP contribution in [0.1, 0.15) is 24.2 Å². The Morgan fingerprint density at radius 3 is 2.47 bits per heavy atom. The molecule has 8 nitrogen and oxygen atoms in total. The minimum atomic E-state index is -3.30. The van der Waals surface area contributed by atoms with Gasteiger partial charge in [-0.2, -0.15) is 0 Å². The molecule has 0 aliphatic rings. The number of amides is 1. The fourth-order valence-electron chi connectivity index (χ4n) is 2.80. The molecule has 1 atom stereocenters. The van der Waals surface area contributed by atoms with Crippen LogP contribution in [-0.2, 0) is 14.6 Å². The molecule has 1 amide bonds. The van der Waals surface area contributed by atoms with Gasteiger partial charge in [0, 0.05) is 30.3 Å². The Morgan fingerprint density at radius 1 is 1.12 bits per heavy atom. The molecule has 0 saturated carbocycles. The summed E-state index contributed by atoms with van der Waals surface area (Å²) in [5, 5.41) is 4.97. The summed E-state index contributed by atoms with van der Waals surface area (Å²) in [5.74, 6) is 0.876. The van der Waals surface area contributed by atoms with Crippen molar-refractivity contribution in [1.29, 1.82) is 0 Å². The zero-order chi connectivity index (χ0) is 23.1. The van der Waals surface area contributed by atoms with Gasteiger partial charge in [0.25, 0.3) is 5.91 Å². The Labute approximate surface area is 191 Å². The van der Waals surface area contributed by atoms with Gasteiger partial charge in [-0.1, -0.05) is 6.92 Å². The van der Waals surface area contributed by atoms with E-state index in [9.17, 15) is 13.2 Å². The van der Waals surface area contributed by atoms with Crippen molar-refractivity contribution in [1.82, 2.24) is 4.98 Å². The van der Waals surface area contributed by atoms with Crippen molar-refractivity contribution in [3.8, 4) is 17.2 Å². The SMILES string of the molecule is CCS(=O)(=O)c1ccc(Oc2cc(O[C@@H](C)COC)cc(C(=O)Nc3nccs3)c2)cc1. The van der Waals surface area contributed by atoms with E-state index in [1.807, 2.05) is 6.92 Å². The molecule has 32 heavy (non-hydrogen) atoms. The van der Waals surface area contributed by atoms with Crippen LogP contribution in [0, 0.1) is 0 Å². The van der Waals surface area contributed by atoms with Crippen molar-refractivity contribution in [3.63, 3.8) is 0 Å². The van der Waals surface area contributed by atoms with Gasteiger partial charge in [0.1, 0.15) is 23.4 Å². The highest BCUT2D eigenvalue weighted by Gasteiger charge is 2.15. The average molecular weight is 477 g/mol. The molecule has 0 saturated heterocycles. The lowest BCUT2D eigenvalue weighted by atomic mass is 10.2. The number of nitrogens with zero attached hydrogens (tertiary/aromatic N) is 1. The van der Waals surface area contributed by atoms with Crippen molar-refractivity contribution < 1.29 is 27.4 Å². The number of aromatic nitrogens is 1. The van der Waals surface area contributed by atoms with E-state index in [0.29, 0.717) is 34.6 Å². The number of rotatable bonds is 10. The van der Waals surface area contributed by atoms with E-state index in [4.69, 9.17) is 14.2 Å². The Balaban J connectivity index is 1.87. The van der Waals surface area contributed by atoms with Crippen LogP contribution < -0.4 is 14.8 Å². The maximum Gasteiger partial charge on any atom is 0.257 e. The highest BCUT2D eigenvalue weighted by Crippen LogP contribution is 2.29. The molecule has 3 aromatic rings. The molecule has 0 radical (unpaired) electrons. The first-order valence-electron chi connectivity index (χ1n) is 9.83. The van der Waals surface area contributed by atoms with Gasteiger partial charge in [0.15, 0.2) is 15.0 Å². The number of carbonyl (C=O) groups excluding carboxylic acids is 1. The third-order valence-electron chi connectivity index (χ3n) is 4.33. The molecule has 10 heteroatoms. The van der Waals surface area contributed by atoms with Crippen LogP contribution in [0.2, 0.25) is 0 Å². The molecule has 0 spiro atoms. The van der Waals surface area contributed by atoms with Gasteiger partial charge in [-0.05, 0) is 43.3 Å². The number of ether oxygens (including phenoxy) is 3. The maximum absolute atomic E-state index is 12.7. The molecule has 3 rings (SSSR count). The molecule has 1 aromatic heterocycles. The lowest BCUT2D eigenvalue weighted by molar-refractivity contribution is 0.0916. The summed E-state index contributed by atoms with van der Waals surface area (Å²) in [6.45, 7) is 3.81. The van der Waals surface area contributed by atoms with E-state index in [1.54, 1.807) is 55.9 Å². The van der Waals surface area contributed by atoms with E-state index >= 15 is 0 Å². The lowest BCUT2D eigenvalue weighted by Gasteiger charge is -2.16. The molecule has 0 aliphatic carbocycles. The molecule has 1 heterocycles. The van der Waals surface area contributed by atoms with Crippen LogP contribution in [-0.4, -0.2) is 44.9 Å². The molecular weight excluding hydrogens is 452 g/mol. The number of thiazole rings is 1. The van der Waals surface area contributed by atoms with Crippen LogP contribution in [0.15, 0.2) is 58.9 Å². The second kappa shape index (κ2) is 10.6. The van der Waals surface area contributed by atoms with Crippen molar-refractivity contribution in [2.24, 2.45) is 0 Å². The smallest absolute Gasteiger partial charge is 0.257 e. The summed E-state index contributed by atoms with van der Waals surface area (Å²) in [6.07, 6.45) is 1.35. The van der Waals surface area contributed by atoms with Gasteiger partial charge in [0.2, 0.25) is 0 Å². The van der Waals surface area contributed by atoms with Crippen LogP contribution >= 0.6 is 11.3 Å². The lowest BCUT2D eigenvalue weighted by Crippen LogP contribution is -2.18. The first kappa shape index (κ1) is 23.7. The standard InChI is InChI=1S/C22H24N2O6S2/c1-4-32(26,27)20-7-5-17(6-8-20)30-19-12-16(21(25)24-22-23-9-10-31-22)11-18(13-19)29-15(2)14-28-3/h5-13,15H,4,14H2,1-3H3,(H,23,24,25)/t15-/m0/s1. The monoisotopic (exact) mass is 476 g/mol. The molecule has 2 aromatic carbocycles. The number of hydrogen-bond donors (Lipinski definition) is 1. The topological polar surface area (TPSA) is 104 Å². The molecule has 0 unspecified atom stereocenters. The van der Waals surface area contributed by atoms with Gasteiger partial charge < -0.3 is 14.2 Å². The quantitative estimate of drug-likeness (QED) is 0.463. The first-order valence-corrected chi connectivity index (χ1v) is 12.4. The fraction of sp³-hybridized carbons (Fsp3) is 0.273. The largest absolute Gasteiger partial charge is 0.488 e. The minimum absolute atomic E-state index is 0.0177. The predicted octanol–water partition coefficient (Wildman–Crippen LogP) is 4.40. The van der Waals surface area contributed by atoms with Crippen LogP contribution in [0.3, 0.4) is 0 Å². The average Bonchev–Trinajstić information content (AvgIpc) is 3.27. The fourth-order valence-corrected chi connectivity index (χ4v) is 4.21. The number of nitrogens with one attached hydrogen (secondary N) is 1. The van der Waals surface area contributed by atoms with Gasteiger partial charge in [0.05, 0.1) is 17.3 Å². The summed E-state index contributed by atoms with van der Waals surface area (Å²) in [7, 11) is -1.72. The highest BCUT2D eigenvalue weighted by molar-refractivity contribution is 7.91. The summed E-state index contributed by atoms with van der Waals surface area (Å²) in [6, 6.07) is 11.0.